The fourth-order valence-corrected chi connectivity index (χ4v) is 2.08. The smallest absolute Gasteiger partial charge is 0.271 e. The molecule has 2 aromatic carbocycles. The lowest BCUT2D eigenvalue weighted by Gasteiger charge is -2.13. The number of hydrogen-bond acceptors (Lipinski definition) is 7. The number of hydrogen-bond donors (Lipinski definition) is 3. The Morgan fingerprint density at radius 3 is 2.24 bits per heavy atom. The first kappa shape index (κ1) is 17.9. The van der Waals surface area contributed by atoms with E-state index in [1.54, 1.807) is 0 Å². The molecule has 0 heterocycles. The summed E-state index contributed by atoms with van der Waals surface area (Å²) in [6.07, 6.45) is 1.21. The van der Waals surface area contributed by atoms with E-state index in [4.69, 9.17) is 14.2 Å². The lowest BCUT2D eigenvalue weighted by molar-refractivity contribution is 0.0954. The summed E-state index contributed by atoms with van der Waals surface area (Å²) in [4.78, 5) is 12.2. The van der Waals surface area contributed by atoms with Crippen molar-refractivity contribution in [1.82, 2.24) is 5.43 Å². The largest absolute Gasteiger partial charge is 0.508 e. The summed E-state index contributed by atoms with van der Waals surface area (Å²) in [6.45, 7) is 0. The van der Waals surface area contributed by atoms with Crippen LogP contribution in [-0.2, 0) is 0 Å². The van der Waals surface area contributed by atoms with Crippen LogP contribution in [0.3, 0.4) is 0 Å². The SMILES string of the molecule is COc1cc(C(=O)N/N=C/c2cc(O)ccc2O)cc(OC)c1OC. The van der Waals surface area contributed by atoms with Crippen LogP contribution in [0.5, 0.6) is 28.7 Å². The number of amides is 1. The molecule has 0 spiro atoms. The van der Waals surface area contributed by atoms with Gasteiger partial charge in [0.25, 0.3) is 5.91 Å². The van der Waals surface area contributed by atoms with Crippen molar-refractivity contribution in [3.8, 4) is 28.7 Å². The number of hydrazone groups is 1. The molecule has 0 saturated heterocycles. The second kappa shape index (κ2) is 7.91. The zero-order chi connectivity index (χ0) is 18.4. The van der Waals surface area contributed by atoms with Gasteiger partial charge in [0.15, 0.2) is 11.5 Å². The van der Waals surface area contributed by atoms with E-state index in [2.05, 4.69) is 10.5 Å². The fraction of sp³-hybridized carbons (Fsp3) is 0.176. The first-order valence-corrected chi connectivity index (χ1v) is 7.15. The Morgan fingerprint density at radius 1 is 1.04 bits per heavy atom. The van der Waals surface area contributed by atoms with Crippen molar-refractivity contribution < 1.29 is 29.2 Å². The number of benzene rings is 2. The molecule has 2 aromatic rings. The monoisotopic (exact) mass is 346 g/mol. The van der Waals surface area contributed by atoms with Gasteiger partial charge in [-0.1, -0.05) is 0 Å². The molecule has 0 radical (unpaired) electrons. The Labute approximate surface area is 144 Å². The van der Waals surface area contributed by atoms with Crippen LogP contribution >= 0.6 is 0 Å². The fourth-order valence-electron chi connectivity index (χ4n) is 2.08. The third-order valence-electron chi connectivity index (χ3n) is 3.31. The number of nitrogens with one attached hydrogen (secondary N) is 1. The maximum atomic E-state index is 12.2. The molecule has 1 amide bonds. The predicted octanol–water partition coefficient (Wildman–Crippen LogP) is 1.89. The van der Waals surface area contributed by atoms with Crippen molar-refractivity contribution in [2.75, 3.05) is 21.3 Å². The summed E-state index contributed by atoms with van der Waals surface area (Å²) < 4.78 is 15.6. The highest BCUT2D eigenvalue weighted by molar-refractivity contribution is 5.96. The van der Waals surface area contributed by atoms with Gasteiger partial charge in [-0.25, -0.2) is 5.43 Å². The van der Waals surface area contributed by atoms with Gasteiger partial charge in [0.05, 0.1) is 27.5 Å². The summed E-state index contributed by atoms with van der Waals surface area (Å²) in [5.41, 5.74) is 2.82. The topological polar surface area (TPSA) is 110 Å². The van der Waals surface area contributed by atoms with Crippen LogP contribution in [0.1, 0.15) is 15.9 Å². The zero-order valence-electron chi connectivity index (χ0n) is 13.9. The van der Waals surface area contributed by atoms with Crippen LogP contribution in [0.4, 0.5) is 0 Å². The number of nitrogens with zero attached hydrogens (tertiary/aromatic N) is 1. The van der Waals surface area contributed by atoms with Crippen LogP contribution < -0.4 is 19.6 Å². The first-order valence-electron chi connectivity index (χ1n) is 7.15. The Morgan fingerprint density at radius 2 is 1.68 bits per heavy atom. The maximum Gasteiger partial charge on any atom is 0.271 e. The molecule has 8 nitrogen and oxygen atoms in total. The molecule has 0 saturated carbocycles. The molecule has 0 unspecified atom stereocenters. The molecular weight excluding hydrogens is 328 g/mol. The molecule has 0 aromatic heterocycles. The van der Waals surface area contributed by atoms with Gasteiger partial charge in [-0.2, -0.15) is 5.10 Å². The molecule has 2 rings (SSSR count). The molecular formula is C17H18N2O6. The molecule has 8 heteroatoms. The molecule has 0 atom stereocenters. The second-order valence-electron chi connectivity index (χ2n) is 4.86. The predicted molar refractivity (Wildman–Crippen MR) is 90.9 cm³/mol. The van der Waals surface area contributed by atoms with E-state index in [-0.39, 0.29) is 22.6 Å². The molecule has 3 N–H and O–H groups in total. The van der Waals surface area contributed by atoms with E-state index in [9.17, 15) is 15.0 Å². The Bertz CT molecular complexity index is 779. The van der Waals surface area contributed by atoms with Crippen LogP contribution in [-0.4, -0.2) is 43.7 Å². The van der Waals surface area contributed by atoms with Gasteiger partial charge in [0, 0.05) is 11.1 Å². The van der Waals surface area contributed by atoms with Crippen LogP contribution in [0.2, 0.25) is 0 Å². The van der Waals surface area contributed by atoms with Gasteiger partial charge in [-0.05, 0) is 30.3 Å². The van der Waals surface area contributed by atoms with E-state index < -0.39 is 5.91 Å². The summed E-state index contributed by atoms with van der Waals surface area (Å²) in [7, 11) is 4.36. The third kappa shape index (κ3) is 4.11. The molecule has 0 bridgehead atoms. The number of phenols is 2. The molecule has 0 aliphatic heterocycles. The average molecular weight is 346 g/mol. The van der Waals surface area contributed by atoms with Gasteiger partial charge in [-0.3, -0.25) is 4.79 Å². The Kier molecular flexibility index (Phi) is 5.67. The van der Waals surface area contributed by atoms with Crippen LogP contribution in [0.15, 0.2) is 35.4 Å². The van der Waals surface area contributed by atoms with Crippen molar-refractivity contribution in [3.05, 3.63) is 41.5 Å². The highest BCUT2D eigenvalue weighted by Gasteiger charge is 2.16. The lowest BCUT2D eigenvalue weighted by atomic mass is 10.1. The maximum absolute atomic E-state index is 12.2. The zero-order valence-corrected chi connectivity index (χ0v) is 13.9. The lowest BCUT2D eigenvalue weighted by Crippen LogP contribution is -2.18. The van der Waals surface area contributed by atoms with Crippen LogP contribution in [0, 0.1) is 0 Å². The minimum absolute atomic E-state index is 0.0322. The van der Waals surface area contributed by atoms with Crippen molar-refractivity contribution >= 4 is 12.1 Å². The van der Waals surface area contributed by atoms with Crippen molar-refractivity contribution in [3.63, 3.8) is 0 Å². The molecule has 25 heavy (non-hydrogen) atoms. The van der Waals surface area contributed by atoms with Gasteiger partial charge < -0.3 is 24.4 Å². The van der Waals surface area contributed by atoms with Crippen LogP contribution in [0.25, 0.3) is 0 Å². The van der Waals surface area contributed by atoms with E-state index in [0.717, 1.165) is 0 Å². The summed E-state index contributed by atoms with van der Waals surface area (Å²) in [5.74, 6) is 0.409. The third-order valence-corrected chi connectivity index (χ3v) is 3.31. The summed E-state index contributed by atoms with van der Waals surface area (Å²) in [6, 6.07) is 6.93. The van der Waals surface area contributed by atoms with E-state index >= 15 is 0 Å². The molecule has 0 aliphatic rings. The second-order valence-corrected chi connectivity index (χ2v) is 4.86. The first-order chi connectivity index (χ1) is 12.0. The number of methoxy groups -OCH3 is 3. The molecule has 132 valence electrons. The number of aromatic hydroxyl groups is 2. The van der Waals surface area contributed by atoms with Crippen molar-refractivity contribution in [2.24, 2.45) is 5.10 Å². The quantitative estimate of drug-likeness (QED) is 0.419. The number of carbonyl (C=O) groups excluding carboxylic acids is 1. The van der Waals surface area contributed by atoms with E-state index in [1.165, 1.54) is 57.9 Å². The number of phenolic OH excluding ortho intramolecular Hbond substituents is 2. The Balaban J connectivity index is 2.20. The number of ether oxygens (including phenoxy) is 3. The highest BCUT2D eigenvalue weighted by atomic mass is 16.5. The standard InChI is InChI=1S/C17H18N2O6/c1-23-14-7-10(8-15(24-2)16(14)25-3)17(22)19-18-9-11-6-12(20)4-5-13(11)21/h4-9,20-21H,1-3H3,(H,19,22)/b18-9+. The minimum Gasteiger partial charge on any atom is -0.508 e. The van der Waals surface area contributed by atoms with Gasteiger partial charge in [0.1, 0.15) is 11.5 Å². The summed E-state index contributed by atoms with van der Waals surface area (Å²) in [5, 5.41) is 22.8. The highest BCUT2D eigenvalue weighted by Crippen LogP contribution is 2.38. The summed E-state index contributed by atoms with van der Waals surface area (Å²) >= 11 is 0. The average Bonchev–Trinajstić information content (AvgIpc) is 2.62. The number of carbonyl (C=O) groups is 1. The van der Waals surface area contributed by atoms with E-state index in [0.29, 0.717) is 17.2 Å². The normalized spacial score (nSPS) is 10.5. The van der Waals surface area contributed by atoms with Gasteiger partial charge in [0.2, 0.25) is 5.75 Å². The van der Waals surface area contributed by atoms with Crippen molar-refractivity contribution in [1.29, 1.82) is 0 Å². The van der Waals surface area contributed by atoms with Gasteiger partial charge in [-0.15, -0.1) is 0 Å². The van der Waals surface area contributed by atoms with E-state index in [1.807, 2.05) is 0 Å². The van der Waals surface area contributed by atoms with Gasteiger partial charge >= 0.3 is 0 Å². The number of rotatable bonds is 6. The molecule has 0 aliphatic carbocycles. The minimum atomic E-state index is -0.518. The Hall–Kier alpha value is -3.42. The molecule has 0 fully saturated rings. The van der Waals surface area contributed by atoms with Crippen molar-refractivity contribution in [2.45, 2.75) is 0 Å².